The van der Waals surface area contributed by atoms with Crippen molar-refractivity contribution in [3.63, 3.8) is 0 Å². The first kappa shape index (κ1) is 8.74. The van der Waals surface area contributed by atoms with Crippen LogP contribution in [0.1, 0.15) is 0 Å². The van der Waals surface area contributed by atoms with Crippen LogP contribution in [0.3, 0.4) is 0 Å². The fourth-order valence-electron chi connectivity index (χ4n) is 1.22. The molecule has 0 amide bonds. The highest BCUT2D eigenvalue weighted by atomic mass is 15.2. The molecule has 0 spiro atoms. The van der Waals surface area contributed by atoms with Crippen molar-refractivity contribution >= 4 is 22.9 Å². The van der Waals surface area contributed by atoms with Crippen molar-refractivity contribution in [1.82, 2.24) is 19.9 Å². The number of imidazole rings is 1. The Labute approximate surface area is 81.4 Å². The normalized spacial score (nSPS) is 10.5. The van der Waals surface area contributed by atoms with E-state index in [0.29, 0.717) is 5.65 Å². The highest BCUT2D eigenvalue weighted by Crippen LogP contribution is 2.18. The maximum absolute atomic E-state index is 4.30. The van der Waals surface area contributed by atoms with Crippen LogP contribution in [0.5, 0.6) is 0 Å². The van der Waals surface area contributed by atoms with Crippen LogP contribution in [0.25, 0.3) is 11.2 Å². The Kier molecular flexibility index (Phi) is 1.95. The van der Waals surface area contributed by atoms with Crippen LogP contribution in [0, 0.1) is 0 Å². The number of nitrogens with one attached hydrogen (secondary N) is 2. The first-order valence-corrected chi connectivity index (χ1v) is 4.28. The maximum Gasteiger partial charge on any atom is 0.204 e. The molecular weight excluding hydrogens is 180 g/mol. The van der Waals surface area contributed by atoms with E-state index in [1.165, 1.54) is 6.33 Å². The van der Waals surface area contributed by atoms with E-state index in [4.69, 9.17) is 0 Å². The minimum absolute atomic E-state index is 0.674. The van der Waals surface area contributed by atoms with E-state index in [-0.39, 0.29) is 0 Å². The zero-order valence-corrected chi connectivity index (χ0v) is 8.37. The smallest absolute Gasteiger partial charge is 0.204 e. The molecule has 2 aromatic rings. The third kappa shape index (κ3) is 1.24. The van der Waals surface area contributed by atoms with Gasteiger partial charge in [-0.2, -0.15) is 4.98 Å². The van der Waals surface area contributed by atoms with Gasteiger partial charge in [0.1, 0.15) is 11.8 Å². The molecule has 6 nitrogen and oxygen atoms in total. The van der Waals surface area contributed by atoms with E-state index >= 15 is 0 Å². The fourth-order valence-corrected chi connectivity index (χ4v) is 1.22. The lowest BCUT2D eigenvalue weighted by molar-refractivity contribution is 1.04. The SMILES string of the molecule is CNc1ncnc2nc(N(C)C)[nH]c12. The van der Waals surface area contributed by atoms with Gasteiger partial charge in [-0.05, 0) is 0 Å². The van der Waals surface area contributed by atoms with Crippen LogP contribution in [-0.4, -0.2) is 41.1 Å². The molecule has 0 aliphatic heterocycles. The maximum atomic E-state index is 4.30. The van der Waals surface area contributed by atoms with Gasteiger partial charge in [-0.3, -0.25) is 0 Å². The summed E-state index contributed by atoms with van der Waals surface area (Å²) in [5.74, 6) is 1.53. The van der Waals surface area contributed by atoms with E-state index in [2.05, 4.69) is 25.3 Å². The van der Waals surface area contributed by atoms with Crippen molar-refractivity contribution in [1.29, 1.82) is 0 Å². The second kappa shape index (κ2) is 3.13. The van der Waals surface area contributed by atoms with Gasteiger partial charge in [0.2, 0.25) is 5.95 Å². The molecule has 0 unspecified atom stereocenters. The van der Waals surface area contributed by atoms with Crippen LogP contribution in [0.4, 0.5) is 11.8 Å². The minimum Gasteiger partial charge on any atom is -0.371 e. The minimum atomic E-state index is 0.674. The molecule has 2 heterocycles. The summed E-state index contributed by atoms with van der Waals surface area (Å²) in [7, 11) is 5.66. The monoisotopic (exact) mass is 192 g/mol. The molecule has 14 heavy (non-hydrogen) atoms. The Morgan fingerprint density at radius 1 is 1.36 bits per heavy atom. The van der Waals surface area contributed by atoms with Gasteiger partial charge >= 0.3 is 0 Å². The zero-order chi connectivity index (χ0) is 10.1. The van der Waals surface area contributed by atoms with Gasteiger partial charge in [0.15, 0.2) is 11.5 Å². The third-order valence-corrected chi connectivity index (χ3v) is 1.94. The van der Waals surface area contributed by atoms with Crippen molar-refractivity contribution in [2.75, 3.05) is 31.4 Å². The Morgan fingerprint density at radius 3 is 2.79 bits per heavy atom. The van der Waals surface area contributed by atoms with Gasteiger partial charge in [-0.25, -0.2) is 9.97 Å². The second-order valence-electron chi connectivity index (χ2n) is 3.13. The highest BCUT2D eigenvalue weighted by Gasteiger charge is 2.08. The molecule has 6 heteroatoms. The number of hydrogen-bond donors (Lipinski definition) is 2. The standard InChI is InChI=1S/C8H12N6/c1-9-6-5-7(11-4-10-6)13-8(12-5)14(2)3/h4H,1-3H3,(H2,9,10,11,12,13). The predicted molar refractivity (Wildman–Crippen MR) is 55.6 cm³/mol. The molecule has 2 aromatic heterocycles. The molecule has 0 atom stereocenters. The fraction of sp³-hybridized carbons (Fsp3) is 0.375. The molecule has 0 saturated heterocycles. The van der Waals surface area contributed by atoms with Crippen LogP contribution in [0.15, 0.2) is 6.33 Å². The topological polar surface area (TPSA) is 69.7 Å². The third-order valence-electron chi connectivity index (χ3n) is 1.94. The predicted octanol–water partition coefficient (Wildman–Crippen LogP) is 0.461. The van der Waals surface area contributed by atoms with E-state index < -0.39 is 0 Å². The quantitative estimate of drug-likeness (QED) is 0.723. The zero-order valence-electron chi connectivity index (χ0n) is 8.37. The van der Waals surface area contributed by atoms with Crippen molar-refractivity contribution in [3.8, 4) is 0 Å². The molecule has 0 aliphatic rings. The van der Waals surface area contributed by atoms with Crippen LogP contribution in [0.2, 0.25) is 0 Å². The lowest BCUT2D eigenvalue weighted by atomic mass is 10.5. The summed E-state index contributed by atoms with van der Waals surface area (Å²) in [6.07, 6.45) is 1.49. The number of fused-ring (bicyclic) bond motifs is 1. The molecule has 0 radical (unpaired) electrons. The summed E-state index contributed by atoms with van der Waals surface area (Å²) >= 11 is 0. The largest absolute Gasteiger partial charge is 0.371 e. The van der Waals surface area contributed by atoms with Crippen molar-refractivity contribution < 1.29 is 0 Å². The molecule has 2 rings (SSSR count). The van der Waals surface area contributed by atoms with Crippen LogP contribution < -0.4 is 10.2 Å². The summed E-state index contributed by atoms with van der Waals surface area (Å²) in [4.78, 5) is 17.5. The van der Waals surface area contributed by atoms with Gasteiger partial charge in [0.25, 0.3) is 0 Å². The van der Waals surface area contributed by atoms with Crippen molar-refractivity contribution in [2.45, 2.75) is 0 Å². The Hall–Kier alpha value is -1.85. The number of aromatic amines is 1. The lowest BCUT2D eigenvalue weighted by Gasteiger charge is -2.05. The lowest BCUT2D eigenvalue weighted by Crippen LogP contribution is -2.09. The number of aromatic nitrogens is 4. The summed E-state index contributed by atoms with van der Waals surface area (Å²) in [5, 5.41) is 2.98. The molecule has 74 valence electrons. The summed E-state index contributed by atoms with van der Waals surface area (Å²) in [5.41, 5.74) is 1.51. The summed E-state index contributed by atoms with van der Waals surface area (Å²) in [6, 6.07) is 0. The summed E-state index contributed by atoms with van der Waals surface area (Å²) < 4.78 is 0. The second-order valence-corrected chi connectivity index (χ2v) is 3.13. The number of nitrogens with zero attached hydrogens (tertiary/aromatic N) is 4. The Morgan fingerprint density at radius 2 is 2.14 bits per heavy atom. The van der Waals surface area contributed by atoms with Crippen LogP contribution >= 0.6 is 0 Å². The van der Waals surface area contributed by atoms with Crippen LogP contribution in [-0.2, 0) is 0 Å². The molecule has 0 aliphatic carbocycles. The number of hydrogen-bond acceptors (Lipinski definition) is 5. The highest BCUT2D eigenvalue weighted by molar-refractivity contribution is 5.84. The van der Waals surface area contributed by atoms with Gasteiger partial charge in [-0.15, -0.1) is 0 Å². The van der Waals surface area contributed by atoms with Gasteiger partial charge in [-0.1, -0.05) is 0 Å². The molecule has 0 aromatic carbocycles. The van der Waals surface area contributed by atoms with Gasteiger partial charge in [0.05, 0.1) is 0 Å². The van der Waals surface area contributed by atoms with E-state index in [1.54, 1.807) is 0 Å². The molecule has 2 N–H and O–H groups in total. The Balaban J connectivity index is 2.64. The van der Waals surface area contributed by atoms with E-state index in [9.17, 15) is 0 Å². The number of H-pyrrole nitrogens is 1. The average molecular weight is 192 g/mol. The first-order chi connectivity index (χ1) is 6.72. The van der Waals surface area contributed by atoms with Gasteiger partial charge in [0, 0.05) is 21.1 Å². The molecule has 0 fully saturated rings. The number of rotatable bonds is 2. The van der Waals surface area contributed by atoms with Crippen molar-refractivity contribution in [3.05, 3.63) is 6.33 Å². The molecule has 0 bridgehead atoms. The number of anilines is 2. The Bertz CT molecular complexity index is 446. The van der Waals surface area contributed by atoms with E-state index in [1.807, 2.05) is 26.0 Å². The molecular formula is C8H12N6. The first-order valence-electron chi connectivity index (χ1n) is 4.28. The average Bonchev–Trinajstić information content (AvgIpc) is 2.60. The molecule has 0 saturated carbocycles. The van der Waals surface area contributed by atoms with E-state index in [0.717, 1.165) is 17.3 Å². The summed E-state index contributed by atoms with van der Waals surface area (Å²) in [6.45, 7) is 0. The van der Waals surface area contributed by atoms with Crippen molar-refractivity contribution in [2.24, 2.45) is 0 Å². The van der Waals surface area contributed by atoms with Gasteiger partial charge < -0.3 is 15.2 Å².